The lowest BCUT2D eigenvalue weighted by Gasteiger charge is -2.07. The summed E-state index contributed by atoms with van der Waals surface area (Å²) in [6.45, 7) is 1.79. The van der Waals surface area contributed by atoms with Gasteiger partial charge < -0.3 is 15.7 Å². The summed E-state index contributed by atoms with van der Waals surface area (Å²) < 4.78 is 13.4. The number of carbonyl (C=O) groups excluding carboxylic acids is 1. The summed E-state index contributed by atoms with van der Waals surface area (Å²) in [5, 5.41) is 13.0. The monoisotopic (exact) mass is 252 g/mol. The van der Waals surface area contributed by atoms with Crippen LogP contribution in [0.2, 0.25) is 0 Å². The van der Waals surface area contributed by atoms with Crippen LogP contribution in [0.1, 0.15) is 5.56 Å². The lowest BCUT2D eigenvalue weighted by Crippen LogP contribution is -2.29. The standard InChI is InChI=1S/C12H13FN2O3/c1-8-4-5-10(9(13)7-8)15-12(18)14-6-2-3-11(16)17/h2-5,7H,6H2,1H3,(H,16,17)(H2,14,15,18)/b3-2+. The third-order valence-electron chi connectivity index (χ3n) is 2.01. The molecule has 0 aliphatic rings. The van der Waals surface area contributed by atoms with Gasteiger partial charge in [0.25, 0.3) is 0 Å². The van der Waals surface area contributed by atoms with Crippen LogP contribution in [0.5, 0.6) is 0 Å². The van der Waals surface area contributed by atoms with Crippen LogP contribution in [-0.4, -0.2) is 23.7 Å². The van der Waals surface area contributed by atoms with Crippen molar-refractivity contribution in [1.82, 2.24) is 5.32 Å². The van der Waals surface area contributed by atoms with E-state index in [4.69, 9.17) is 5.11 Å². The van der Waals surface area contributed by atoms with Gasteiger partial charge in [0.2, 0.25) is 0 Å². The second-order valence-electron chi connectivity index (χ2n) is 3.56. The van der Waals surface area contributed by atoms with Crippen molar-refractivity contribution in [3.05, 3.63) is 41.7 Å². The molecule has 96 valence electrons. The van der Waals surface area contributed by atoms with E-state index in [-0.39, 0.29) is 12.2 Å². The molecule has 5 nitrogen and oxygen atoms in total. The second-order valence-corrected chi connectivity index (χ2v) is 3.56. The maximum Gasteiger partial charge on any atom is 0.328 e. The Labute approximate surface area is 103 Å². The number of aliphatic carboxylic acids is 1. The van der Waals surface area contributed by atoms with Gasteiger partial charge in [-0.3, -0.25) is 0 Å². The average molecular weight is 252 g/mol. The molecule has 0 saturated carbocycles. The van der Waals surface area contributed by atoms with Crippen LogP contribution in [0.4, 0.5) is 14.9 Å². The predicted octanol–water partition coefficient (Wildman–Crippen LogP) is 1.90. The quantitative estimate of drug-likeness (QED) is 0.716. The highest BCUT2D eigenvalue weighted by Gasteiger charge is 2.05. The van der Waals surface area contributed by atoms with Gasteiger partial charge in [-0.25, -0.2) is 14.0 Å². The van der Waals surface area contributed by atoms with Crippen molar-refractivity contribution in [3.8, 4) is 0 Å². The van der Waals surface area contributed by atoms with Gasteiger partial charge >= 0.3 is 12.0 Å². The van der Waals surface area contributed by atoms with Crippen LogP contribution < -0.4 is 10.6 Å². The number of anilines is 1. The zero-order valence-electron chi connectivity index (χ0n) is 9.74. The zero-order chi connectivity index (χ0) is 13.5. The molecule has 0 saturated heterocycles. The van der Waals surface area contributed by atoms with Crippen LogP contribution in [-0.2, 0) is 4.79 Å². The van der Waals surface area contributed by atoms with Crippen molar-refractivity contribution < 1.29 is 19.1 Å². The molecule has 1 aromatic rings. The van der Waals surface area contributed by atoms with E-state index in [0.717, 1.165) is 11.6 Å². The van der Waals surface area contributed by atoms with Gasteiger partial charge in [0.05, 0.1) is 5.69 Å². The molecule has 1 rings (SSSR count). The van der Waals surface area contributed by atoms with Gasteiger partial charge in [0.1, 0.15) is 5.82 Å². The molecule has 0 aromatic heterocycles. The first-order valence-electron chi connectivity index (χ1n) is 5.19. The summed E-state index contributed by atoms with van der Waals surface area (Å²) >= 11 is 0. The zero-order valence-corrected chi connectivity index (χ0v) is 9.74. The number of rotatable bonds is 4. The van der Waals surface area contributed by atoms with Gasteiger partial charge in [0, 0.05) is 12.6 Å². The molecule has 6 heteroatoms. The number of urea groups is 1. The first-order chi connectivity index (χ1) is 8.49. The maximum atomic E-state index is 13.4. The maximum absolute atomic E-state index is 13.4. The molecule has 0 heterocycles. The summed E-state index contributed by atoms with van der Waals surface area (Å²) in [6.07, 6.45) is 2.18. The van der Waals surface area contributed by atoms with Crippen molar-refractivity contribution in [1.29, 1.82) is 0 Å². The fourth-order valence-corrected chi connectivity index (χ4v) is 1.20. The number of halogens is 1. The Morgan fingerprint density at radius 2 is 2.17 bits per heavy atom. The van der Waals surface area contributed by atoms with Crippen LogP contribution in [0.25, 0.3) is 0 Å². The van der Waals surface area contributed by atoms with Gasteiger partial charge in [0.15, 0.2) is 0 Å². The molecule has 0 aliphatic carbocycles. The number of aryl methyl sites for hydroxylation is 1. The van der Waals surface area contributed by atoms with Crippen LogP contribution in [0.3, 0.4) is 0 Å². The van der Waals surface area contributed by atoms with Gasteiger partial charge in [-0.2, -0.15) is 0 Å². The summed E-state index contributed by atoms with van der Waals surface area (Å²) in [5.41, 5.74) is 0.822. The van der Waals surface area contributed by atoms with E-state index < -0.39 is 17.8 Å². The third kappa shape index (κ3) is 4.65. The minimum Gasteiger partial charge on any atom is -0.478 e. The number of carboxylic acid groups (broad SMARTS) is 1. The molecule has 1 aromatic carbocycles. The Hall–Kier alpha value is -2.37. The number of carboxylic acids is 1. The van der Waals surface area contributed by atoms with Crippen molar-refractivity contribution >= 4 is 17.7 Å². The molecular formula is C12H13FN2O3. The molecule has 18 heavy (non-hydrogen) atoms. The van der Waals surface area contributed by atoms with E-state index in [1.165, 1.54) is 18.2 Å². The van der Waals surface area contributed by atoms with Gasteiger partial charge in [-0.15, -0.1) is 0 Å². The van der Waals surface area contributed by atoms with E-state index in [9.17, 15) is 14.0 Å². The molecule has 0 spiro atoms. The molecule has 0 radical (unpaired) electrons. The summed E-state index contributed by atoms with van der Waals surface area (Å²) in [4.78, 5) is 21.5. The molecule has 0 unspecified atom stereocenters. The first-order valence-corrected chi connectivity index (χ1v) is 5.19. The number of nitrogens with one attached hydrogen (secondary N) is 2. The molecule has 2 amide bonds. The van der Waals surface area contributed by atoms with E-state index in [1.54, 1.807) is 13.0 Å². The minimum atomic E-state index is -1.10. The second kappa shape index (κ2) is 6.39. The van der Waals surface area contributed by atoms with E-state index >= 15 is 0 Å². The molecule has 0 atom stereocenters. The van der Waals surface area contributed by atoms with Crippen LogP contribution in [0.15, 0.2) is 30.4 Å². The van der Waals surface area contributed by atoms with E-state index in [1.807, 2.05) is 0 Å². The minimum absolute atomic E-state index is 0.0472. The number of hydrogen-bond acceptors (Lipinski definition) is 2. The number of carbonyl (C=O) groups is 2. The molecule has 0 bridgehead atoms. The first kappa shape index (κ1) is 13.7. The number of amides is 2. The third-order valence-corrected chi connectivity index (χ3v) is 2.01. The summed E-state index contributed by atoms with van der Waals surface area (Å²) in [5.74, 6) is -1.62. The Morgan fingerprint density at radius 1 is 1.44 bits per heavy atom. The van der Waals surface area contributed by atoms with Crippen molar-refractivity contribution in [3.63, 3.8) is 0 Å². The fraction of sp³-hybridized carbons (Fsp3) is 0.167. The smallest absolute Gasteiger partial charge is 0.328 e. The van der Waals surface area contributed by atoms with E-state index in [2.05, 4.69) is 10.6 Å². The fourth-order valence-electron chi connectivity index (χ4n) is 1.20. The topological polar surface area (TPSA) is 78.4 Å². The SMILES string of the molecule is Cc1ccc(NC(=O)NC/C=C/C(=O)O)c(F)c1. The molecule has 3 N–H and O–H groups in total. The Bertz CT molecular complexity index is 486. The number of benzene rings is 1. The lowest BCUT2D eigenvalue weighted by atomic mass is 10.2. The highest BCUT2D eigenvalue weighted by atomic mass is 19.1. The van der Waals surface area contributed by atoms with Crippen molar-refractivity contribution in [2.24, 2.45) is 0 Å². The molecule has 0 aliphatic heterocycles. The van der Waals surface area contributed by atoms with Crippen molar-refractivity contribution in [2.45, 2.75) is 6.92 Å². The summed E-state index contributed by atoms with van der Waals surface area (Å²) in [7, 11) is 0. The van der Waals surface area contributed by atoms with Crippen LogP contribution in [0, 0.1) is 12.7 Å². The molecular weight excluding hydrogens is 239 g/mol. The highest BCUT2D eigenvalue weighted by molar-refractivity contribution is 5.89. The van der Waals surface area contributed by atoms with Gasteiger partial charge in [-0.05, 0) is 24.6 Å². The van der Waals surface area contributed by atoms with Crippen molar-refractivity contribution in [2.75, 3.05) is 11.9 Å². The predicted molar refractivity (Wildman–Crippen MR) is 64.9 cm³/mol. The Balaban J connectivity index is 2.47. The molecule has 0 fully saturated rings. The van der Waals surface area contributed by atoms with Gasteiger partial charge in [-0.1, -0.05) is 12.1 Å². The Morgan fingerprint density at radius 3 is 2.78 bits per heavy atom. The number of hydrogen-bond donors (Lipinski definition) is 3. The largest absolute Gasteiger partial charge is 0.478 e. The highest BCUT2D eigenvalue weighted by Crippen LogP contribution is 2.14. The lowest BCUT2D eigenvalue weighted by molar-refractivity contribution is -0.131. The van der Waals surface area contributed by atoms with Crippen LogP contribution >= 0.6 is 0 Å². The average Bonchev–Trinajstić information content (AvgIpc) is 2.28. The van der Waals surface area contributed by atoms with E-state index in [0.29, 0.717) is 0 Å². The Kier molecular flexibility index (Phi) is 4.86. The summed E-state index contributed by atoms with van der Waals surface area (Å²) in [6, 6.07) is 3.83. The normalized spacial score (nSPS) is 10.3.